The fourth-order valence-electron chi connectivity index (χ4n) is 2.17. The Morgan fingerprint density at radius 1 is 1.37 bits per heavy atom. The Balaban J connectivity index is 1.95. The maximum atomic E-state index is 11.8. The number of nitrogen functional groups attached to an aromatic ring is 1. The predicted octanol–water partition coefficient (Wildman–Crippen LogP) is 1.15. The van der Waals surface area contributed by atoms with Crippen LogP contribution >= 0.6 is 0 Å². The summed E-state index contributed by atoms with van der Waals surface area (Å²) < 4.78 is 8.59. The smallest absolute Gasteiger partial charge is 0.408 e. The minimum atomic E-state index is -0.359. The van der Waals surface area contributed by atoms with Crippen LogP contribution in [0.3, 0.4) is 0 Å². The second-order valence-corrected chi connectivity index (χ2v) is 4.44. The number of hydrogen-bond acceptors (Lipinski definition) is 4. The summed E-state index contributed by atoms with van der Waals surface area (Å²) in [5.74, 6) is -0.359. The maximum absolute atomic E-state index is 11.8. The van der Waals surface area contributed by atoms with Gasteiger partial charge in [-0.3, -0.25) is 9.25 Å². The van der Waals surface area contributed by atoms with Crippen LogP contribution in [0.4, 0.5) is 5.69 Å². The zero-order chi connectivity index (χ0) is 13.4. The average Bonchev–Trinajstić information content (AvgIpc) is 2.90. The Morgan fingerprint density at radius 2 is 2.21 bits per heavy atom. The monoisotopic (exact) mass is 258 g/mol. The van der Waals surface area contributed by atoms with Crippen molar-refractivity contribution in [2.75, 3.05) is 5.73 Å². The van der Waals surface area contributed by atoms with E-state index in [0.29, 0.717) is 17.8 Å². The van der Waals surface area contributed by atoms with Crippen LogP contribution in [0.2, 0.25) is 0 Å². The first-order chi connectivity index (χ1) is 9.15. The van der Waals surface area contributed by atoms with Gasteiger partial charge in [0.1, 0.15) is 0 Å². The Kier molecular flexibility index (Phi) is 2.63. The molecule has 2 aromatic heterocycles. The molecule has 0 saturated heterocycles. The van der Waals surface area contributed by atoms with Gasteiger partial charge in [0.05, 0.1) is 5.52 Å². The van der Waals surface area contributed by atoms with Crippen LogP contribution in [0.15, 0.2) is 39.7 Å². The standard InChI is InChI=1S/C13H14N4O2/c1-16-10(4-6-15-16)5-7-17-11-3-2-9(14)8-12(11)19-13(17)18/h2-4,6,8H,5,7,14H2,1H3. The minimum absolute atomic E-state index is 0.359. The number of hydrogen-bond donors (Lipinski definition) is 1. The highest BCUT2D eigenvalue weighted by atomic mass is 16.4. The fourth-order valence-corrected chi connectivity index (χ4v) is 2.17. The van der Waals surface area contributed by atoms with Crippen molar-refractivity contribution in [1.82, 2.24) is 14.3 Å². The molecule has 0 saturated carbocycles. The first-order valence-corrected chi connectivity index (χ1v) is 6.01. The summed E-state index contributed by atoms with van der Waals surface area (Å²) in [5, 5.41) is 4.10. The SMILES string of the molecule is Cn1nccc1CCn1c(=O)oc2cc(N)ccc21. The van der Waals surface area contributed by atoms with E-state index in [1.807, 2.05) is 13.1 Å². The summed E-state index contributed by atoms with van der Waals surface area (Å²) in [7, 11) is 1.88. The molecule has 0 bridgehead atoms. The summed E-state index contributed by atoms with van der Waals surface area (Å²) in [4.78, 5) is 11.8. The van der Waals surface area contributed by atoms with Crippen molar-refractivity contribution in [3.8, 4) is 0 Å². The first-order valence-electron chi connectivity index (χ1n) is 6.01. The van der Waals surface area contributed by atoms with E-state index in [0.717, 1.165) is 17.6 Å². The van der Waals surface area contributed by atoms with Gasteiger partial charge in [0.15, 0.2) is 5.58 Å². The number of nitrogens with two attached hydrogens (primary N) is 1. The Hall–Kier alpha value is -2.50. The van der Waals surface area contributed by atoms with E-state index in [2.05, 4.69) is 5.10 Å². The summed E-state index contributed by atoms with van der Waals surface area (Å²) in [5.41, 5.74) is 8.61. The molecule has 0 aliphatic rings. The van der Waals surface area contributed by atoms with Crippen LogP contribution in [0, 0.1) is 0 Å². The van der Waals surface area contributed by atoms with Crippen LogP contribution < -0.4 is 11.5 Å². The Morgan fingerprint density at radius 3 is 2.95 bits per heavy atom. The lowest BCUT2D eigenvalue weighted by atomic mass is 10.2. The topological polar surface area (TPSA) is 79.0 Å². The zero-order valence-electron chi connectivity index (χ0n) is 10.5. The quantitative estimate of drug-likeness (QED) is 0.715. The third kappa shape index (κ3) is 2.01. The molecule has 0 spiro atoms. The first kappa shape index (κ1) is 11.6. The number of oxazole rings is 1. The molecule has 6 nitrogen and oxygen atoms in total. The van der Waals surface area contributed by atoms with Gasteiger partial charge in [0.2, 0.25) is 0 Å². The third-order valence-electron chi connectivity index (χ3n) is 3.21. The molecule has 0 aliphatic carbocycles. The van der Waals surface area contributed by atoms with Crippen molar-refractivity contribution in [2.24, 2.45) is 7.05 Å². The van der Waals surface area contributed by atoms with Crippen molar-refractivity contribution in [3.63, 3.8) is 0 Å². The van der Waals surface area contributed by atoms with Gasteiger partial charge >= 0.3 is 5.76 Å². The van der Waals surface area contributed by atoms with Gasteiger partial charge < -0.3 is 10.2 Å². The second-order valence-electron chi connectivity index (χ2n) is 4.44. The predicted molar refractivity (Wildman–Crippen MR) is 71.8 cm³/mol. The fraction of sp³-hybridized carbons (Fsp3) is 0.231. The molecule has 0 atom stereocenters. The highest BCUT2D eigenvalue weighted by Crippen LogP contribution is 2.16. The molecule has 3 rings (SSSR count). The van der Waals surface area contributed by atoms with Crippen LogP contribution in [0.25, 0.3) is 11.1 Å². The van der Waals surface area contributed by atoms with Gasteiger partial charge in [-0.2, -0.15) is 5.10 Å². The summed E-state index contributed by atoms with van der Waals surface area (Å²) in [6.07, 6.45) is 2.46. The number of benzene rings is 1. The van der Waals surface area contributed by atoms with E-state index in [9.17, 15) is 4.79 Å². The van der Waals surface area contributed by atoms with Gasteiger partial charge in [-0.05, 0) is 18.2 Å². The third-order valence-corrected chi connectivity index (χ3v) is 3.21. The largest absolute Gasteiger partial charge is 0.419 e. The molecular formula is C13H14N4O2. The van der Waals surface area contributed by atoms with E-state index in [1.165, 1.54) is 0 Å². The van der Waals surface area contributed by atoms with Crippen LogP contribution in [-0.2, 0) is 20.0 Å². The molecule has 0 radical (unpaired) electrons. The maximum Gasteiger partial charge on any atom is 0.419 e. The van der Waals surface area contributed by atoms with E-state index >= 15 is 0 Å². The van der Waals surface area contributed by atoms with Crippen LogP contribution in [0.5, 0.6) is 0 Å². The second kappa shape index (κ2) is 4.31. The number of anilines is 1. The summed E-state index contributed by atoms with van der Waals surface area (Å²) in [6.45, 7) is 0.551. The molecule has 98 valence electrons. The van der Waals surface area contributed by atoms with E-state index < -0.39 is 0 Å². The van der Waals surface area contributed by atoms with Crippen molar-refractivity contribution < 1.29 is 4.42 Å². The minimum Gasteiger partial charge on any atom is -0.408 e. The van der Waals surface area contributed by atoms with E-state index in [4.69, 9.17) is 10.2 Å². The van der Waals surface area contributed by atoms with Crippen molar-refractivity contribution in [2.45, 2.75) is 13.0 Å². The molecule has 0 fully saturated rings. The summed E-state index contributed by atoms with van der Waals surface area (Å²) >= 11 is 0. The molecule has 6 heteroatoms. The van der Waals surface area contributed by atoms with Crippen molar-refractivity contribution in [1.29, 1.82) is 0 Å². The lowest BCUT2D eigenvalue weighted by molar-refractivity contribution is 0.501. The van der Waals surface area contributed by atoms with E-state index in [-0.39, 0.29) is 5.76 Å². The molecule has 3 aromatic rings. The average molecular weight is 258 g/mol. The normalized spacial score (nSPS) is 11.2. The lowest BCUT2D eigenvalue weighted by Crippen LogP contribution is -2.16. The molecule has 2 N–H and O–H groups in total. The molecule has 0 amide bonds. The lowest BCUT2D eigenvalue weighted by Gasteiger charge is -2.03. The molecule has 0 unspecified atom stereocenters. The highest BCUT2D eigenvalue weighted by molar-refractivity contribution is 5.76. The van der Waals surface area contributed by atoms with Gasteiger partial charge in [-0.1, -0.05) is 0 Å². The number of nitrogens with zero attached hydrogens (tertiary/aromatic N) is 3. The Bertz CT molecular complexity index is 781. The number of aryl methyl sites for hydroxylation is 3. The molecular weight excluding hydrogens is 244 g/mol. The zero-order valence-corrected chi connectivity index (χ0v) is 10.5. The molecule has 1 aromatic carbocycles. The van der Waals surface area contributed by atoms with Crippen molar-refractivity contribution >= 4 is 16.8 Å². The van der Waals surface area contributed by atoms with Crippen molar-refractivity contribution in [3.05, 3.63) is 46.7 Å². The van der Waals surface area contributed by atoms with Gasteiger partial charge in [0.25, 0.3) is 0 Å². The van der Waals surface area contributed by atoms with Gasteiger partial charge in [0, 0.05) is 43.7 Å². The molecule has 0 aliphatic heterocycles. The van der Waals surface area contributed by atoms with Gasteiger partial charge in [-0.15, -0.1) is 0 Å². The van der Waals surface area contributed by atoms with Gasteiger partial charge in [-0.25, -0.2) is 4.79 Å². The molecule has 19 heavy (non-hydrogen) atoms. The number of fused-ring (bicyclic) bond motifs is 1. The van der Waals surface area contributed by atoms with E-state index in [1.54, 1.807) is 33.6 Å². The number of aromatic nitrogens is 3. The van der Waals surface area contributed by atoms with Crippen LogP contribution in [0.1, 0.15) is 5.69 Å². The Labute approximate surface area is 109 Å². The summed E-state index contributed by atoms with van der Waals surface area (Å²) in [6, 6.07) is 7.17. The highest BCUT2D eigenvalue weighted by Gasteiger charge is 2.10. The molecule has 2 heterocycles. The number of rotatable bonds is 3. The van der Waals surface area contributed by atoms with Crippen LogP contribution in [-0.4, -0.2) is 14.3 Å².